The van der Waals surface area contributed by atoms with Crippen LogP contribution in [0.1, 0.15) is 34.1 Å². The lowest BCUT2D eigenvalue weighted by Crippen LogP contribution is -2.16. The van der Waals surface area contributed by atoms with Crippen LogP contribution in [0, 0.1) is 6.92 Å². The molecule has 4 rings (SSSR count). The fraction of sp³-hybridized carbons (Fsp3) is 0.250. The van der Waals surface area contributed by atoms with E-state index in [0.29, 0.717) is 11.7 Å². The molecule has 1 unspecified atom stereocenters. The Labute approximate surface area is 151 Å². The lowest BCUT2D eigenvalue weighted by atomic mass is 9.95. The van der Waals surface area contributed by atoms with Crippen LogP contribution in [0.25, 0.3) is 0 Å². The third-order valence-electron chi connectivity index (χ3n) is 4.45. The number of benzene rings is 2. The van der Waals surface area contributed by atoms with E-state index in [1.807, 2.05) is 18.2 Å². The zero-order valence-corrected chi connectivity index (χ0v) is 14.9. The van der Waals surface area contributed by atoms with Crippen molar-refractivity contribution in [3.8, 4) is 16.7 Å². The van der Waals surface area contributed by atoms with Crippen molar-refractivity contribution in [2.75, 3.05) is 0 Å². The van der Waals surface area contributed by atoms with Gasteiger partial charge in [-0.05, 0) is 54.7 Å². The summed E-state index contributed by atoms with van der Waals surface area (Å²) in [5.41, 5.74) is 9.34. The van der Waals surface area contributed by atoms with E-state index in [2.05, 4.69) is 36.2 Å². The first kappa shape index (κ1) is 16.1. The Hall–Kier alpha value is -2.37. The van der Waals surface area contributed by atoms with Gasteiger partial charge >= 0.3 is 0 Å². The number of aromatic nitrogens is 1. The molecule has 1 aromatic heterocycles. The lowest BCUT2D eigenvalue weighted by Gasteiger charge is -2.27. The maximum absolute atomic E-state index is 6.24. The van der Waals surface area contributed by atoms with Gasteiger partial charge in [-0.15, -0.1) is 0 Å². The van der Waals surface area contributed by atoms with E-state index in [-0.39, 0.29) is 6.10 Å². The molecule has 2 aromatic carbocycles. The second kappa shape index (κ2) is 6.86. The van der Waals surface area contributed by atoms with Gasteiger partial charge in [0.05, 0.1) is 0 Å². The smallest absolute Gasteiger partial charge is 0.278 e. The van der Waals surface area contributed by atoms with Gasteiger partial charge in [0.2, 0.25) is 0 Å². The molecule has 0 saturated heterocycles. The Morgan fingerprint density at radius 1 is 1.28 bits per heavy atom. The third kappa shape index (κ3) is 3.38. The SMILES string of the molecule is Cc1ccccc1C1CCc2cc(Oc3ncc(CN)s3)ccc2O1. The first-order valence-corrected chi connectivity index (χ1v) is 9.22. The first-order chi connectivity index (χ1) is 12.2. The second-order valence-corrected chi connectivity index (χ2v) is 7.25. The minimum absolute atomic E-state index is 0.117. The van der Waals surface area contributed by atoms with Gasteiger partial charge in [0.25, 0.3) is 5.19 Å². The van der Waals surface area contributed by atoms with Crippen LogP contribution in [0.2, 0.25) is 0 Å². The van der Waals surface area contributed by atoms with Crippen molar-refractivity contribution in [1.82, 2.24) is 4.98 Å². The number of aryl methyl sites for hydroxylation is 2. The number of fused-ring (bicyclic) bond motifs is 1. The molecule has 0 saturated carbocycles. The van der Waals surface area contributed by atoms with Gasteiger partial charge in [-0.3, -0.25) is 0 Å². The van der Waals surface area contributed by atoms with Crippen LogP contribution < -0.4 is 15.2 Å². The maximum atomic E-state index is 6.24. The molecule has 2 heterocycles. The molecular formula is C20H20N2O2S. The van der Waals surface area contributed by atoms with Crippen molar-refractivity contribution in [2.45, 2.75) is 32.4 Å². The minimum Gasteiger partial charge on any atom is -0.485 e. The topological polar surface area (TPSA) is 57.4 Å². The standard InChI is InChI=1S/C20H20N2O2S/c1-13-4-2-3-5-17(13)19-8-6-14-10-15(7-9-18(14)24-19)23-20-22-12-16(11-21)25-20/h2-5,7,9-10,12,19H,6,8,11,21H2,1H3. The fourth-order valence-corrected chi connectivity index (χ4v) is 3.78. The molecule has 128 valence electrons. The minimum atomic E-state index is 0.117. The summed E-state index contributed by atoms with van der Waals surface area (Å²) in [6, 6.07) is 14.4. The average Bonchev–Trinajstić information content (AvgIpc) is 3.09. The summed E-state index contributed by atoms with van der Waals surface area (Å²) in [6.45, 7) is 2.62. The normalized spacial score (nSPS) is 16.2. The maximum Gasteiger partial charge on any atom is 0.278 e. The molecule has 1 atom stereocenters. The lowest BCUT2D eigenvalue weighted by molar-refractivity contribution is 0.175. The number of nitrogens with zero attached hydrogens (tertiary/aromatic N) is 1. The molecule has 0 aliphatic carbocycles. The highest BCUT2D eigenvalue weighted by Gasteiger charge is 2.23. The highest BCUT2D eigenvalue weighted by Crippen LogP contribution is 2.38. The van der Waals surface area contributed by atoms with Crippen LogP contribution in [0.15, 0.2) is 48.7 Å². The Kier molecular flexibility index (Phi) is 4.42. The van der Waals surface area contributed by atoms with E-state index in [9.17, 15) is 0 Å². The Bertz CT molecular complexity index is 891. The average molecular weight is 352 g/mol. The van der Waals surface area contributed by atoms with Gasteiger partial charge in [0.1, 0.15) is 17.6 Å². The zero-order chi connectivity index (χ0) is 17.2. The van der Waals surface area contributed by atoms with E-state index in [1.165, 1.54) is 28.0 Å². The van der Waals surface area contributed by atoms with E-state index in [1.54, 1.807) is 6.20 Å². The van der Waals surface area contributed by atoms with Gasteiger partial charge in [-0.25, -0.2) is 4.98 Å². The number of hydrogen-bond donors (Lipinski definition) is 1. The number of nitrogens with two attached hydrogens (primary N) is 1. The molecule has 1 aliphatic rings. The van der Waals surface area contributed by atoms with Crippen LogP contribution in [0.3, 0.4) is 0 Å². The molecule has 0 radical (unpaired) electrons. The highest BCUT2D eigenvalue weighted by atomic mass is 32.1. The summed E-state index contributed by atoms with van der Waals surface area (Å²) in [7, 11) is 0. The molecule has 2 N–H and O–H groups in total. The van der Waals surface area contributed by atoms with Crippen LogP contribution in [-0.2, 0) is 13.0 Å². The molecule has 0 fully saturated rings. The van der Waals surface area contributed by atoms with Crippen molar-refractivity contribution >= 4 is 11.3 Å². The van der Waals surface area contributed by atoms with Crippen molar-refractivity contribution < 1.29 is 9.47 Å². The van der Waals surface area contributed by atoms with Gasteiger partial charge in [-0.1, -0.05) is 35.6 Å². The molecule has 0 amide bonds. The van der Waals surface area contributed by atoms with Crippen molar-refractivity contribution in [3.05, 3.63) is 70.2 Å². The fourth-order valence-electron chi connectivity index (χ4n) is 3.13. The highest BCUT2D eigenvalue weighted by molar-refractivity contribution is 7.13. The Morgan fingerprint density at radius 2 is 2.16 bits per heavy atom. The molecule has 4 nitrogen and oxygen atoms in total. The Morgan fingerprint density at radius 3 is 2.96 bits per heavy atom. The van der Waals surface area contributed by atoms with Crippen LogP contribution >= 0.6 is 11.3 Å². The second-order valence-electron chi connectivity index (χ2n) is 6.17. The molecule has 5 heteroatoms. The van der Waals surface area contributed by atoms with Crippen LogP contribution in [0.4, 0.5) is 0 Å². The van der Waals surface area contributed by atoms with Gasteiger partial charge in [0, 0.05) is 17.6 Å². The van der Waals surface area contributed by atoms with E-state index in [4.69, 9.17) is 15.2 Å². The van der Waals surface area contributed by atoms with Crippen LogP contribution in [-0.4, -0.2) is 4.98 Å². The molecule has 25 heavy (non-hydrogen) atoms. The summed E-state index contributed by atoms with van der Waals surface area (Å²) in [5.74, 6) is 1.73. The largest absolute Gasteiger partial charge is 0.485 e. The van der Waals surface area contributed by atoms with Crippen LogP contribution in [0.5, 0.6) is 16.7 Å². The van der Waals surface area contributed by atoms with Gasteiger partial charge in [0.15, 0.2) is 0 Å². The van der Waals surface area contributed by atoms with E-state index in [0.717, 1.165) is 29.2 Å². The summed E-state index contributed by atoms with van der Waals surface area (Å²) in [4.78, 5) is 5.25. The summed E-state index contributed by atoms with van der Waals surface area (Å²) < 4.78 is 12.1. The van der Waals surface area contributed by atoms with Crippen molar-refractivity contribution in [1.29, 1.82) is 0 Å². The van der Waals surface area contributed by atoms with Gasteiger partial charge < -0.3 is 15.2 Å². The molecule has 1 aliphatic heterocycles. The molecule has 0 bridgehead atoms. The summed E-state index contributed by atoms with van der Waals surface area (Å²) in [5, 5.41) is 0.620. The van der Waals surface area contributed by atoms with E-state index < -0.39 is 0 Å². The predicted molar refractivity (Wildman–Crippen MR) is 99.4 cm³/mol. The third-order valence-corrected chi connectivity index (χ3v) is 5.35. The molecule has 0 spiro atoms. The van der Waals surface area contributed by atoms with Gasteiger partial charge in [-0.2, -0.15) is 0 Å². The monoisotopic (exact) mass is 352 g/mol. The molecule has 3 aromatic rings. The molecular weight excluding hydrogens is 332 g/mol. The summed E-state index contributed by atoms with van der Waals surface area (Å²) in [6.07, 6.45) is 3.81. The quantitative estimate of drug-likeness (QED) is 0.735. The number of rotatable bonds is 4. The predicted octanol–water partition coefficient (Wildman–Crippen LogP) is 4.77. The van der Waals surface area contributed by atoms with Crippen molar-refractivity contribution in [3.63, 3.8) is 0 Å². The Balaban J connectivity index is 1.52. The number of ether oxygens (including phenoxy) is 2. The summed E-state index contributed by atoms with van der Waals surface area (Å²) >= 11 is 1.47. The zero-order valence-electron chi connectivity index (χ0n) is 14.1. The number of hydrogen-bond acceptors (Lipinski definition) is 5. The first-order valence-electron chi connectivity index (χ1n) is 8.40. The number of thiazole rings is 1. The van der Waals surface area contributed by atoms with E-state index >= 15 is 0 Å². The van der Waals surface area contributed by atoms with Crippen molar-refractivity contribution in [2.24, 2.45) is 5.73 Å².